The van der Waals surface area contributed by atoms with Gasteiger partial charge in [0, 0.05) is 44.0 Å². The number of aliphatic imine (C=N–C) groups is 1. The number of amides is 1. The highest BCUT2D eigenvalue weighted by molar-refractivity contribution is 14.0. The number of hydrogen-bond donors (Lipinski definition) is 4. The molecule has 4 N–H and O–H groups in total. The predicted molar refractivity (Wildman–Crippen MR) is 130 cm³/mol. The molecular weight excluding hydrogens is 514 g/mol. The van der Waals surface area contributed by atoms with Crippen LogP contribution in [0.3, 0.4) is 0 Å². The van der Waals surface area contributed by atoms with Crippen molar-refractivity contribution in [1.29, 1.82) is 0 Å². The second kappa shape index (κ2) is 12.3. The van der Waals surface area contributed by atoms with Gasteiger partial charge in [-0.2, -0.15) is 0 Å². The molecule has 1 atom stereocenters. The molecule has 168 valence electrons. The number of pyridine rings is 1. The van der Waals surface area contributed by atoms with Crippen LogP contribution in [-0.2, 0) is 0 Å². The molecule has 1 saturated heterocycles. The Labute approximate surface area is 198 Å². The molecule has 0 saturated carbocycles. The number of aromatic hydroxyl groups is 1. The zero-order valence-electron chi connectivity index (χ0n) is 17.3. The average molecular weight is 542 g/mol. The van der Waals surface area contributed by atoms with E-state index in [2.05, 4.69) is 25.9 Å². The first-order valence-electron chi connectivity index (χ1n) is 10.0. The summed E-state index contributed by atoms with van der Waals surface area (Å²) < 4.78 is 14.0. The summed E-state index contributed by atoms with van der Waals surface area (Å²) in [4.78, 5) is 22.7. The molecule has 1 aliphatic rings. The van der Waals surface area contributed by atoms with Crippen LogP contribution < -0.4 is 20.9 Å². The van der Waals surface area contributed by atoms with Crippen LogP contribution in [-0.4, -0.2) is 60.7 Å². The minimum Gasteiger partial charge on any atom is -0.508 e. The van der Waals surface area contributed by atoms with E-state index in [0.29, 0.717) is 50.1 Å². The zero-order valence-corrected chi connectivity index (χ0v) is 19.7. The van der Waals surface area contributed by atoms with Crippen LogP contribution in [0.15, 0.2) is 47.6 Å². The number of anilines is 1. The third-order valence-corrected chi connectivity index (χ3v) is 4.71. The molecule has 0 spiro atoms. The zero-order chi connectivity index (χ0) is 21.3. The Hall–Kier alpha value is -2.63. The molecule has 3 rings (SSSR count). The van der Waals surface area contributed by atoms with Crippen molar-refractivity contribution < 1.29 is 14.3 Å². The molecule has 8 nitrogen and oxygen atoms in total. The van der Waals surface area contributed by atoms with Crippen molar-refractivity contribution in [2.24, 2.45) is 4.99 Å². The number of nitrogens with zero attached hydrogens (tertiary/aromatic N) is 3. The molecule has 0 aliphatic carbocycles. The minimum atomic E-state index is -0.317. The molecule has 1 aromatic heterocycles. The lowest BCUT2D eigenvalue weighted by molar-refractivity contribution is 0.0955. The summed E-state index contributed by atoms with van der Waals surface area (Å²) in [6.07, 6.45) is 2.44. The van der Waals surface area contributed by atoms with Gasteiger partial charge in [-0.25, -0.2) is 9.37 Å². The van der Waals surface area contributed by atoms with E-state index in [0.717, 1.165) is 6.42 Å². The van der Waals surface area contributed by atoms with Gasteiger partial charge in [-0.05, 0) is 49.7 Å². The van der Waals surface area contributed by atoms with E-state index in [1.165, 1.54) is 18.2 Å². The quantitative estimate of drug-likeness (QED) is 0.185. The Morgan fingerprint density at radius 1 is 1.29 bits per heavy atom. The summed E-state index contributed by atoms with van der Waals surface area (Å²) in [6, 6.07) is 9.20. The van der Waals surface area contributed by atoms with Crippen LogP contribution in [0.1, 0.15) is 23.7 Å². The van der Waals surface area contributed by atoms with Gasteiger partial charge in [0.25, 0.3) is 5.91 Å². The van der Waals surface area contributed by atoms with Crippen molar-refractivity contribution in [3.05, 3.63) is 54.0 Å². The van der Waals surface area contributed by atoms with Crippen LogP contribution in [0.2, 0.25) is 0 Å². The van der Waals surface area contributed by atoms with Gasteiger partial charge in [0.05, 0.1) is 6.54 Å². The Balaban J connectivity index is 0.00000341. The third-order valence-electron chi connectivity index (χ3n) is 4.71. The second-order valence-electron chi connectivity index (χ2n) is 6.95. The maximum absolute atomic E-state index is 14.0. The molecule has 1 aliphatic heterocycles. The first-order chi connectivity index (χ1) is 14.6. The first-order valence-corrected chi connectivity index (χ1v) is 10.0. The largest absolute Gasteiger partial charge is 0.508 e. The van der Waals surface area contributed by atoms with Crippen molar-refractivity contribution in [3.63, 3.8) is 0 Å². The first kappa shape index (κ1) is 24.6. The highest BCUT2D eigenvalue weighted by Gasteiger charge is 2.25. The smallest absolute Gasteiger partial charge is 0.251 e. The number of carbonyl (C=O) groups is 1. The van der Waals surface area contributed by atoms with E-state index >= 15 is 0 Å². The molecule has 31 heavy (non-hydrogen) atoms. The fourth-order valence-electron chi connectivity index (χ4n) is 3.25. The van der Waals surface area contributed by atoms with Crippen LogP contribution in [0.25, 0.3) is 0 Å². The summed E-state index contributed by atoms with van der Waals surface area (Å²) in [5.74, 6) is 0.620. The maximum Gasteiger partial charge on any atom is 0.251 e. The predicted octanol–water partition coefficient (Wildman–Crippen LogP) is 2.11. The van der Waals surface area contributed by atoms with E-state index in [-0.39, 0.29) is 47.5 Å². The number of phenols is 1. The van der Waals surface area contributed by atoms with Gasteiger partial charge in [0.1, 0.15) is 5.75 Å². The van der Waals surface area contributed by atoms with Gasteiger partial charge in [0.2, 0.25) is 0 Å². The van der Waals surface area contributed by atoms with Gasteiger partial charge in [-0.1, -0.05) is 0 Å². The molecular formula is C21H28FIN6O2. The molecule has 1 amide bonds. The fourth-order valence-corrected chi connectivity index (χ4v) is 3.25. The molecule has 0 bridgehead atoms. The van der Waals surface area contributed by atoms with Crippen molar-refractivity contribution in [1.82, 2.24) is 20.9 Å². The molecule has 1 unspecified atom stereocenters. The van der Waals surface area contributed by atoms with E-state index in [4.69, 9.17) is 0 Å². The van der Waals surface area contributed by atoms with Gasteiger partial charge >= 0.3 is 0 Å². The Morgan fingerprint density at radius 3 is 2.77 bits per heavy atom. The number of halogens is 2. The van der Waals surface area contributed by atoms with Crippen molar-refractivity contribution in [2.45, 2.75) is 19.4 Å². The van der Waals surface area contributed by atoms with Gasteiger partial charge in [-0.15, -0.1) is 24.0 Å². The monoisotopic (exact) mass is 542 g/mol. The van der Waals surface area contributed by atoms with Crippen molar-refractivity contribution >= 4 is 41.7 Å². The lowest BCUT2D eigenvalue weighted by atomic mass is 10.2. The second-order valence-corrected chi connectivity index (χ2v) is 6.95. The van der Waals surface area contributed by atoms with Gasteiger partial charge in [-0.3, -0.25) is 9.79 Å². The van der Waals surface area contributed by atoms with Crippen molar-refractivity contribution in [2.75, 3.05) is 37.6 Å². The molecule has 2 aromatic rings. The standard InChI is InChI=1S/C21H27FN6O2.HI/c1-2-23-21(26-12-11-25-20(30)15-5-7-17(29)8-6-15)27-16-9-13-28(14-16)19-18(22)4-3-10-24-19;/h3-8,10,16,29H,2,9,11-14H2,1H3,(H,25,30)(H2,23,26,27);1H. The van der Waals surface area contributed by atoms with Crippen LogP contribution in [0.5, 0.6) is 5.75 Å². The molecule has 10 heteroatoms. The van der Waals surface area contributed by atoms with E-state index in [9.17, 15) is 14.3 Å². The topological polar surface area (TPSA) is 102 Å². The minimum absolute atomic E-state index is 0. The number of rotatable bonds is 7. The molecule has 1 fully saturated rings. The highest BCUT2D eigenvalue weighted by Crippen LogP contribution is 2.20. The van der Waals surface area contributed by atoms with Gasteiger partial charge in [0.15, 0.2) is 17.6 Å². The number of guanidine groups is 1. The molecule has 0 radical (unpaired) electrons. The number of benzene rings is 1. The van der Waals surface area contributed by atoms with E-state index < -0.39 is 0 Å². The molecule has 2 heterocycles. The summed E-state index contributed by atoms with van der Waals surface area (Å²) in [6.45, 7) is 4.82. The fraction of sp³-hybridized carbons (Fsp3) is 0.381. The average Bonchev–Trinajstić information content (AvgIpc) is 3.20. The summed E-state index contributed by atoms with van der Waals surface area (Å²) in [5.41, 5.74) is 0.481. The van der Waals surface area contributed by atoms with Crippen molar-refractivity contribution in [3.8, 4) is 5.75 Å². The summed E-state index contributed by atoms with van der Waals surface area (Å²) >= 11 is 0. The number of phenolic OH excluding ortho intramolecular Hbond substituents is 1. The maximum atomic E-state index is 14.0. The normalized spacial score (nSPS) is 15.9. The lowest BCUT2D eigenvalue weighted by Gasteiger charge is -2.20. The van der Waals surface area contributed by atoms with E-state index in [1.807, 2.05) is 11.8 Å². The Kier molecular flexibility index (Phi) is 9.76. The number of aromatic nitrogens is 1. The SMILES string of the molecule is CCNC(=NCCNC(=O)c1ccc(O)cc1)NC1CCN(c2ncccc2F)C1.I. The summed E-state index contributed by atoms with van der Waals surface area (Å²) in [5, 5.41) is 18.7. The van der Waals surface area contributed by atoms with Gasteiger partial charge < -0.3 is 26.0 Å². The highest BCUT2D eigenvalue weighted by atomic mass is 127. The Bertz CT molecular complexity index is 880. The number of carbonyl (C=O) groups excluding carboxylic acids is 1. The number of nitrogens with one attached hydrogen (secondary N) is 3. The number of hydrogen-bond acceptors (Lipinski definition) is 5. The third kappa shape index (κ3) is 7.23. The van der Waals surface area contributed by atoms with E-state index in [1.54, 1.807) is 24.4 Å². The summed E-state index contributed by atoms with van der Waals surface area (Å²) in [7, 11) is 0. The lowest BCUT2D eigenvalue weighted by Crippen LogP contribution is -2.45. The van der Waals surface area contributed by atoms with Crippen LogP contribution in [0, 0.1) is 5.82 Å². The Morgan fingerprint density at radius 2 is 2.06 bits per heavy atom. The van der Waals surface area contributed by atoms with Crippen LogP contribution in [0.4, 0.5) is 10.2 Å². The van der Waals surface area contributed by atoms with Crippen LogP contribution >= 0.6 is 24.0 Å². The molecule has 1 aromatic carbocycles.